The third kappa shape index (κ3) is 4.04. The molecule has 2 aromatic rings. The van der Waals surface area contributed by atoms with E-state index in [2.05, 4.69) is 0 Å². The number of hydrogen-bond donors (Lipinski definition) is 1. The number of methoxy groups -OCH3 is 1. The summed E-state index contributed by atoms with van der Waals surface area (Å²) in [5, 5.41) is 9.71. The first kappa shape index (κ1) is 20.6. The SMILES string of the molecule is COC(=O)C1=C(C)N(c2cc(Cl)cc(Cl)c2)C(=O)/C1=C/c1ccc(C(=O)O)cc1. The molecule has 1 aliphatic rings. The van der Waals surface area contributed by atoms with Crippen LogP contribution in [0.2, 0.25) is 10.0 Å². The highest BCUT2D eigenvalue weighted by Gasteiger charge is 2.38. The van der Waals surface area contributed by atoms with E-state index >= 15 is 0 Å². The van der Waals surface area contributed by atoms with Crippen molar-refractivity contribution in [2.24, 2.45) is 0 Å². The van der Waals surface area contributed by atoms with Crippen LogP contribution in [0.3, 0.4) is 0 Å². The number of ether oxygens (including phenoxy) is 1. The smallest absolute Gasteiger partial charge is 0.340 e. The number of nitrogens with zero attached hydrogens (tertiary/aromatic N) is 1. The fourth-order valence-electron chi connectivity index (χ4n) is 3.05. The van der Waals surface area contributed by atoms with Gasteiger partial charge in [-0.15, -0.1) is 0 Å². The fourth-order valence-corrected chi connectivity index (χ4v) is 3.56. The minimum Gasteiger partial charge on any atom is -0.478 e. The summed E-state index contributed by atoms with van der Waals surface area (Å²) in [6.45, 7) is 1.62. The summed E-state index contributed by atoms with van der Waals surface area (Å²) in [5.41, 5.74) is 1.67. The van der Waals surface area contributed by atoms with Gasteiger partial charge in [0, 0.05) is 15.7 Å². The van der Waals surface area contributed by atoms with E-state index in [-0.39, 0.29) is 16.7 Å². The van der Waals surface area contributed by atoms with Crippen LogP contribution in [0.1, 0.15) is 22.8 Å². The molecule has 1 amide bonds. The van der Waals surface area contributed by atoms with Crippen LogP contribution < -0.4 is 4.90 Å². The van der Waals surface area contributed by atoms with Crippen LogP contribution in [0.5, 0.6) is 0 Å². The number of carboxylic acids is 1. The Balaban J connectivity index is 2.12. The normalized spacial score (nSPS) is 15.2. The predicted molar refractivity (Wildman–Crippen MR) is 110 cm³/mol. The van der Waals surface area contributed by atoms with Gasteiger partial charge < -0.3 is 9.84 Å². The van der Waals surface area contributed by atoms with Crippen molar-refractivity contribution in [2.75, 3.05) is 12.0 Å². The number of amides is 1. The summed E-state index contributed by atoms with van der Waals surface area (Å²) in [6.07, 6.45) is 1.51. The molecule has 0 saturated heterocycles. The lowest BCUT2D eigenvalue weighted by Gasteiger charge is -2.18. The Bertz CT molecular complexity index is 1070. The maximum Gasteiger partial charge on any atom is 0.340 e. The van der Waals surface area contributed by atoms with Gasteiger partial charge in [0.15, 0.2) is 0 Å². The van der Waals surface area contributed by atoms with Gasteiger partial charge in [-0.25, -0.2) is 9.59 Å². The highest BCUT2D eigenvalue weighted by molar-refractivity contribution is 6.35. The van der Waals surface area contributed by atoms with Crippen LogP contribution in [-0.4, -0.2) is 30.1 Å². The summed E-state index contributed by atoms with van der Waals surface area (Å²) < 4.78 is 4.86. The largest absolute Gasteiger partial charge is 0.478 e. The number of benzene rings is 2. The molecule has 0 bridgehead atoms. The van der Waals surface area contributed by atoms with Crippen LogP contribution in [-0.2, 0) is 14.3 Å². The van der Waals surface area contributed by atoms with Crippen molar-refractivity contribution in [1.82, 2.24) is 0 Å². The van der Waals surface area contributed by atoms with Crippen molar-refractivity contribution in [3.05, 3.63) is 80.5 Å². The minimum absolute atomic E-state index is 0.107. The van der Waals surface area contributed by atoms with E-state index < -0.39 is 17.8 Å². The second-order valence-electron chi connectivity index (χ2n) is 6.21. The van der Waals surface area contributed by atoms with Gasteiger partial charge in [0.1, 0.15) is 0 Å². The lowest BCUT2D eigenvalue weighted by Crippen LogP contribution is -2.24. The maximum absolute atomic E-state index is 13.2. The van der Waals surface area contributed by atoms with Gasteiger partial charge in [0.25, 0.3) is 5.91 Å². The molecule has 1 aliphatic heterocycles. The Hall–Kier alpha value is -3.09. The van der Waals surface area contributed by atoms with Crippen molar-refractivity contribution in [2.45, 2.75) is 6.92 Å². The zero-order valence-corrected chi connectivity index (χ0v) is 16.9. The molecule has 148 valence electrons. The minimum atomic E-state index is -1.06. The van der Waals surface area contributed by atoms with Gasteiger partial charge in [-0.2, -0.15) is 0 Å². The molecule has 1 heterocycles. The highest BCUT2D eigenvalue weighted by atomic mass is 35.5. The Kier molecular flexibility index (Phi) is 5.77. The van der Waals surface area contributed by atoms with E-state index in [9.17, 15) is 14.4 Å². The van der Waals surface area contributed by atoms with Crippen LogP contribution in [0.4, 0.5) is 5.69 Å². The number of esters is 1. The van der Waals surface area contributed by atoms with Crippen molar-refractivity contribution in [1.29, 1.82) is 0 Å². The third-order valence-corrected chi connectivity index (χ3v) is 4.80. The molecule has 6 nitrogen and oxygen atoms in total. The van der Waals surface area contributed by atoms with Crippen molar-refractivity contribution in [3.8, 4) is 0 Å². The molecule has 1 N–H and O–H groups in total. The molecular formula is C21H15Cl2NO5. The number of rotatable bonds is 4. The predicted octanol–water partition coefficient (Wildman–Crippen LogP) is 4.57. The second-order valence-corrected chi connectivity index (χ2v) is 7.08. The van der Waals surface area contributed by atoms with Crippen molar-refractivity contribution < 1.29 is 24.2 Å². The Morgan fingerprint density at radius 3 is 2.17 bits per heavy atom. The number of halogens is 2. The first-order chi connectivity index (χ1) is 13.7. The Morgan fingerprint density at radius 2 is 1.66 bits per heavy atom. The van der Waals surface area contributed by atoms with Crippen LogP contribution >= 0.6 is 23.2 Å². The van der Waals surface area contributed by atoms with Gasteiger partial charge in [0.05, 0.1) is 29.5 Å². The molecule has 0 fully saturated rings. The topological polar surface area (TPSA) is 83.9 Å². The molecule has 29 heavy (non-hydrogen) atoms. The molecule has 0 atom stereocenters. The number of carbonyl (C=O) groups excluding carboxylic acids is 2. The number of aromatic carboxylic acids is 1. The van der Waals surface area contributed by atoms with Crippen molar-refractivity contribution in [3.63, 3.8) is 0 Å². The summed E-state index contributed by atoms with van der Waals surface area (Å²) in [6, 6.07) is 10.6. The van der Waals surface area contributed by atoms with E-state index in [1.807, 2.05) is 0 Å². The third-order valence-electron chi connectivity index (χ3n) is 4.36. The summed E-state index contributed by atoms with van der Waals surface area (Å²) in [5.74, 6) is -2.18. The highest BCUT2D eigenvalue weighted by Crippen LogP contribution is 2.37. The average molecular weight is 432 g/mol. The number of carbonyl (C=O) groups is 3. The van der Waals surface area contributed by atoms with Crippen LogP contribution in [0.25, 0.3) is 6.08 Å². The second kappa shape index (κ2) is 8.11. The van der Waals surface area contributed by atoms with E-state index in [1.165, 1.54) is 36.3 Å². The quantitative estimate of drug-likeness (QED) is 0.566. The lowest BCUT2D eigenvalue weighted by molar-refractivity contribution is -0.136. The summed E-state index contributed by atoms with van der Waals surface area (Å²) in [4.78, 5) is 37.9. The zero-order chi connectivity index (χ0) is 21.3. The molecule has 0 spiro atoms. The lowest BCUT2D eigenvalue weighted by atomic mass is 10.0. The Labute approximate surface area is 176 Å². The van der Waals surface area contributed by atoms with Gasteiger partial charge in [-0.05, 0) is 48.9 Å². The summed E-state index contributed by atoms with van der Waals surface area (Å²) >= 11 is 12.1. The summed E-state index contributed by atoms with van der Waals surface area (Å²) in [7, 11) is 1.23. The molecule has 0 radical (unpaired) electrons. The first-order valence-electron chi connectivity index (χ1n) is 8.38. The van der Waals surface area contributed by atoms with Crippen LogP contribution in [0.15, 0.2) is 59.3 Å². The standard InChI is InChI=1S/C21H15Cl2NO5/c1-11-18(21(28)29-2)17(7-12-3-5-13(6-4-12)20(26)27)19(25)24(11)16-9-14(22)8-15(23)10-16/h3-10H,1-2H3,(H,26,27)/b17-7+. The molecule has 0 unspecified atom stereocenters. The van der Waals surface area contributed by atoms with E-state index in [1.54, 1.807) is 31.2 Å². The van der Waals surface area contributed by atoms with E-state index in [0.29, 0.717) is 27.0 Å². The molecule has 0 saturated carbocycles. The monoisotopic (exact) mass is 431 g/mol. The fraction of sp³-hybridized carbons (Fsp3) is 0.0952. The maximum atomic E-state index is 13.2. The first-order valence-corrected chi connectivity index (χ1v) is 9.13. The van der Waals surface area contributed by atoms with Gasteiger partial charge >= 0.3 is 11.9 Å². The molecule has 8 heteroatoms. The molecule has 2 aromatic carbocycles. The van der Waals surface area contributed by atoms with Gasteiger partial charge in [-0.3, -0.25) is 9.69 Å². The number of hydrogen-bond acceptors (Lipinski definition) is 4. The molecular weight excluding hydrogens is 417 g/mol. The van der Waals surface area contributed by atoms with Crippen molar-refractivity contribution >= 4 is 52.8 Å². The van der Waals surface area contributed by atoms with Gasteiger partial charge in [0.2, 0.25) is 0 Å². The van der Waals surface area contributed by atoms with E-state index in [0.717, 1.165) is 0 Å². The molecule has 3 rings (SSSR count). The molecule has 0 aromatic heterocycles. The average Bonchev–Trinajstić information content (AvgIpc) is 2.90. The van der Waals surface area contributed by atoms with Gasteiger partial charge in [-0.1, -0.05) is 35.3 Å². The zero-order valence-electron chi connectivity index (χ0n) is 15.4. The number of allylic oxidation sites excluding steroid dienone is 1. The number of anilines is 1. The van der Waals surface area contributed by atoms with E-state index in [4.69, 9.17) is 33.0 Å². The number of carboxylic acid groups (broad SMARTS) is 1. The molecule has 0 aliphatic carbocycles. The van der Waals surface area contributed by atoms with Crippen LogP contribution in [0, 0.1) is 0 Å². The Morgan fingerprint density at radius 1 is 1.07 bits per heavy atom.